The van der Waals surface area contributed by atoms with Crippen molar-refractivity contribution >= 4 is 40.8 Å². The van der Waals surface area contributed by atoms with Gasteiger partial charge in [-0.2, -0.15) is 0 Å². The second-order valence-corrected chi connectivity index (χ2v) is 8.16. The number of nitrogens with one attached hydrogen (secondary N) is 3. The summed E-state index contributed by atoms with van der Waals surface area (Å²) in [6.07, 6.45) is 4.08. The van der Waals surface area contributed by atoms with Crippen molar-refractivity contribution in [3.63, 3.8) is 0 Å². The largest absolute Gasteiger partial charge is 0.379 e. The summed E-state index contributed by atoms with van der Waals surface area (Å²) in [5.74, 6) is 2.56. The molecule has 0 atom stereocenters. The Morgan fingerprint density at radius 3 is 2.73 bits per heavy atom. The van der Waals surface area contributed by atoms with Crippen molar-refractivity contribution in [3.8, 4) is 0 Å². The molecule has 0 radical (unpaired) electrons. The molecule has 1 saturated heterocycles. The molecule has 1 aliphatic heterocycles. The predicted molar refractivity (Wildman–Crippen MR) is 142 cm³/mol. The number of aryl methyl sites for hydroxylation is 1. The van der Waals surface area contributed by atoms with E-state index in [9.17, 15) is 0 Å². The highest BCUT2D eigenvalue weighted by Gasteiger charge is 2.10. The summed E-state index contributed by atoms with van der Waals surface area (Å²) < 4.78 is 7.41. The van der Waals surface area contributed by atoms with Crippen molar-refractivity contribution in [3.05, 3.63) is 47.7 Å². The van der Waals surface area contributed by atoms with E-state index in [4.69, 9.17) is 9.73 Å². The molecule has 0 spiro atoms. The quantitative estimate of drug-likeness (QED) is 0.159. The van der Waals surface area contributed by atoms with E-state index in [2.05, 4.69) is 61.2 Å². The van der Waals surface area contributed by atoms with Gasteiger partial charge in [-0.25, -0.2) is 4.99 Å². The number of hydrogen-bond acceptors (Lipinski definition) is 5. The Bertz CT molecular complexity index is 1020. The van der Waals surface area contributed by atoms with Gasteiger partial charge in [-0.15, -0.1) is 34.2 Å². The first kappa shape index (κ1) is 25.4. The second-order valence-electron chi connectivity index (χ2n) is 8.16. The molecule has 0 bridgehead atoms. The molecule has 0 aliphatic carbocycles. The zero-order valence-corrected chi connectivity index (χ0v) is 21.8. The lowest BCUT2D eigenvalue weighted by Gasteiger charge is -2.26. The van der Waals surface area contributed by atoms with Crippen molar-refractivity contribution < 1.29 is 4.74 Å². The average Bonchev–Trinajstić information content (AvgIpc) is 3.38. The molecule has 3 N–H and O–H groups in total. The van der Waals surface area contributed by atoms with Crippen molar-refractivity contribution in [2.24, 2.45) is 12.0 Å². The highest BCUT2D eigenvalue weighted by Crippen LogP contribution is 2.17. The molecule has 0 unspecified atom stereocenters. The van der Waals surface area contributed by atoms with Crippen LogP contribution in [0, 0.1) is 6.92 Å². The number of aliphatic imine (C=N–C) groups is 1. The third kappa shape index (κ3) is 7.15. The number of morpholine rings is 1. The Morgan fingerprint density at radius 1 is 1.15 bits per heavy atom. The lowest BCUT2D eigenvalue weighted by Crippen LogP contribution is -2.41. The molecule has 33 heavy (non-hydrogen) atoms. The first-order valence-corrected chi connectivity index (χ1v) is 11.4. The summed E-state index contributed by atoms with van der Waals surface area (Å²) in [4.78, 5) is 10.6. The zero-order valence-electron chi connectivity index (χ0n) is 19.5. The van der Waals surface area contributed by atoms with Gasteiger partial charge in [0.2, 0.25) is 0 Å². The standard InChI is InChI=1S/C23H34N8O.HI/c1-18-28-29-22(30(18)2)17-27-23(24-9-5-11-31-12-14-32-15-13-31)25-10-8-19-16-26-21-7-4-3-6-20(19)21;/h3-4,6-7,16,26H,5,8-15,17H2,1-2H3,(H2,24,25,27);1H. The fraction of sp³-hybridized carbons (Fsp3) is 0.522. The van der Waals surface area contributed by atoms with E-state index in [-0.39, 0.29) is 24.0 Å². The average molecular weight is 566 g/mol. The summed E-state index contributed by atoms with van der Waals surface area (Å²) in [6, 6.07) is 8.41. The molecule has 3 aromatic rings. The van der Waals surface area contributed by atoms with Gasteiger partial charge in [-0.05, 0) is 37.9 Å². The number of guanidine groups is 1. The van der Waals surface area contributed by atoms with Gasteiger partial charge in [0.25, 0.3) is 0 Å². The van der Waals surface area contributed by atoms with E-state index in [1.807, 2.05) is 18.5 Å². The Kier molecular flexibility index (Phi) is 9.95. The number of halogens is 1. The Labute approximate surface area is 212 Å². The minimum absolute atomic E-state index is 0. The summed E-state index contributed by atoms with van der Waals surface area (Å²) in [5, 5.41) is 16.6. The molecule has 180 valence electrons. The molecule has 1 fully saturated rings. The molecular weight excluding hydrogens is 531 g/mol. The topological polar surface area (TPSA) is 95.4 Å². The van der Waals surface area contributed by atoms with Gasteiger partial charge in [0.15, 0.2) is 11.8 Å². The zero-order chi connectivity index (χ0) is 22.2. The number of fused-ring (bicyclic) bond motifs is 1. The van der Waals surface area contributed by atoms with Gasteiger partial charge in [-0.1, -0.05) is 18.2 Å². The highest BCUT2D eigenvalue weighted by molar-refractivity contribution is 14.0. The summed E-state index contributed by atoms with van der Waals surface area (Å²) in [6.45, 7) is 8.90. The number of ether oxygens (including phenoxy) is 1. The van der Waals surface area contributed by atoms with E-state index in [0.717, 1.165) is 76.4 Å². The molecule has 10 heteroatoms. The van der Waals surface area contributed by atoms with Gasteiger partial charge in [0.05, 0.1) is 13.2 Å². The number of para-hydroxylation sites is 1. The molecule has 1 aromatic carbocycles. The third-order valence-corrected chi connectivity index (χ3v) is 5.97. The van der Waals surface area contributed by atoms with E-state index in [0.29, 0.717) is 6.54 Å². The van der Waals surface area contributed by atoms with Crippen molar-refractivity contribution in [1.29, 1.82) is 0 Å². The number of aromatic nitrogens is 4. The van der Waals surface area contributed by atoms with Crippen LogP contribution in [0.1, 0.15) is 23.6 Å². The number of rotatable bonds is 9. The molecule has 1 aliphatic rings. The van der Waals surface area contributed by atoms with Crippen LogP contribution in [-0.4, -0.2) is 76.5 Å². The van der Waals surface area contributed by atoms with Crippen LogP contribution in [0.5, 0.6) is 0 Å². The normalized spacial score (nSPS) is 14.9. The molecule has 2 aromatic heterocycles. The summed E-state index contributed by atoms with van der Waals surface area (Å²) in [5.41, 5.74) is 2.49. The van der Waals surface area contributed by atoms with Gasteiger partial charge in [-0.3, -0.25) is 4.90 Å². The molecule has 0 saturated carbocycles. The maximum atomic E-state index is 5.43. The molecule has 4 rings (SSSR count). The van der Waals surface area contributed by atoms with Crippen molar-refractivity contribution in [2.75, 3.05) is 45.9 Å². The molecule has 3 heterocycles. The predicted octanol–water partition coefficient (Wildman–Crippen LogP) is 2.22. The number of aromatic amines is 1. The van der Waals surface area contributed by atoms with Crippen LogP contribution in [0.3, 0.4) is 0 Å². The molecule has 9 nitrogen and oxygen atoms in total. The Balaban J connectivity index is 0.00000306. The van der Waals surface area contributed by atoms with Crippen molar-refractivity contribution in [2.45, 2.75) is 26.3 Å². The van der Waals surface area contributed by atoms with E-state index in [1.165, 1.54) is 16.5 Å². The van der Waals surface area contributed by atoms with Crippen LogP contribution < -0.4 is 10.6 Å². The van der Waals surface area contributed by atoms with Gasteiger partial charge < -0.3 is 24.9 Å². The van der Waals surface area contributed by atoms with E-state index >= 15 is 0 Å². The number of benzene rings is 1. The van der Waals surface area contributed by atoms with Gasteiger partial charge in [0, 0.05) is 50.3 Å². The van der Waals surface area contributed by atoms with Crippen molar-refractivity contribution in [1.82, 2.24) is 35.3 Å². The van der Waals surface area contributed by atoms with Crippen LogP contribution in [0.15, 0.2) is 35.5 Å². The maximum Gasteiger partial charge on any atom is 0.191 e. The third-order valence-electron chi connectivity index (χ3n) is 5.97. The Hall–Kier alpha value is -2.18. The SMILES string of the molecule is Cc1nnc(CN=C(NCCCN2CCOCC2)NCCc2c[nH]c3ccccc23)n1C.I. The van der Waals surface area contributed by atoms with E-state index in [1.54, 1.807) is 0 Å². The van der Waals surface area contributed by atoms with Crippen LogP contribution in [-0.2, 0) is 24.8 Å². The van der Waals surface area contributed by atoms with Crippen LogP contribution >= 0.6 is 24.0 Å². The summed E-state index contributed by atoms with van der Waals surface area (Å²) >= 11 is 0. The first-order valence-electron chi connectivity index (χ1n) is 11.4. The van der Waals surface area contributed by atoms with Crippen LogP contribution in [0.25, 0.3) is 10.9 Å². The minimum atomic E-state index is 0. The van der Waals surface area contributed by atoms with Gasteiger partial charge >= 0.3 is 0 Å². The number of hydrogen-bond donors (Lipinski definition) is 3. The maximum absolute atomic E-state index is 5.43. The fourth-order valence-corrected chi connectivity index (χ4v) is 3.90. The lowest BCUT2D eigenvalue weighted by atomic mass is 10.1. The minimum Gasteiger partial charge on any atom is -0.379 e. The molecular formula is C23H35IN8O. The number of H-pyrrole nitrogens is 1. The second kappa shape index (κ2) is 12.9. The highest BCUT2D eigenvalue weighted by atomic mass is 127. The van der Waals surface area contributed by atoms with Crippen LogP contribution in [0.4, 0.5) is 0 Å². The number of nitrogens with zero attached hydrogens (tertiary/aromatic N) is 5. The fourth-order valence-electron chi connectivity index (χ4n) is 3.90. The first-order chi connectivity index (χ1) is 15.7. The Morgan fingerprint density at radius 2 is 1.94 bits per heavy atom. The van der Waals surface area contributed by atoms with Crippen LogP contribution in [0.2, 0.25) is 0 Å². The lowest BCUT2D eigenvalue weighted by molar-refractivity contribution is 0.0376. The summed E-state index contributed by atoms with van der Waals surface area (Å²) in [7, 11) is 1.97. The van der Waals surface area contributed by atoms with E-state index < -0.39 is 0 Å². The molecule has 0 amide bonds. The van der Waals surface area contributed by atoms with Gasteiger partial charge in [0.1, 0.15) is 12.4 Å². The smallest absolute Gasteiger partial charge is 0.191 e. The monoisotopic (exact) mass is 566 g/mol.